The molecule has 20 heavy (non-hydrogen) atoms. The highest BCUT2D eigenvalue weighted by molar-refractivity contribution is 5.98. The number of hydrogen-bond acceptors (Lipinski definition) is 2. The lowest BCUT2D eigenvalue weighted by Crippen LogP contribution is -2.12. The Morgan fingerprint density at radius 3 is 3.05 bits per heavy atom. The minimum absolute atomic E-state index is 0.0977. The van der Waals surface area contributed by atoms with Crippen LogP contribution in [-0.4, -0.2) is 10.8 Å². The van der Waals surface area contributed by atoms with Crippen LogP contribution in [0.5, 0.6) is 0 Å². The molecule has 0 radical (unpaired) electrons. The lowest BCUT2D eigenvalue weighted by Gasteiger charge is -2.13. The van der Waals surface area contributed by atoms with Crippen LogP contribution in [0.25, 0.3) is 0 Å². The Balaban J connectivity index is 1.83. The molecule has 3 rings (SSSR count). The zero-order valence-electron chi connectivity index (χ0n) is 11.0. The van der Waals surface area contributed by atoms with Crippen molar-refractivity contribution in [1.29, 1.82) is 0 Å². The molecule has 0 saturated heterocycles. The second kappa shape index (κ2) is 5.42. The zero-order chi connectivity index (χ0) is 13.9. The smallest absolute Gasteiger partial charge is 0.164 e. The number of nitrogens with zero attached hydrogens (tertiary/aromatic N) is 1. The highest BCUT2D eigenvalue weighted by Gasteiger charge is 2.18. The normalized spacial score (nSPS) is 20.8. The van der Waals surface area contributed by atoms with Gasteiger partial charge in [-0.05, 0) is 49.5 Å². The van der Waals surface area contributed by atoms with E-state index in [2.05, 4.69) is 16.8 Å². The van der Waals surface area contributed by atoms with E-state index in [-0.39, 0.29) is 17.5 Å². The summed E-state index contributed by atoms with van der Waals surface area (Å²) >= 11 is 0. The molecule has 0 amide bonds. The predicted octanol–water partition coefficient (Wildman–Crippen LogP) is 3.38. The summed E-state index contributed by atoms with van der Waals surface area (Å²) < 4.78 is 13.1. The number of ketones is 1. The first-order valence-corrected chi connectivity index (χ1v) is 6.81. The van der Waals surface area contributed by atoms with Gasteiger partial charge in [0.2, 0.25) is 0 Å². The maximum absolute atomic E-state index is 13.1. The molecule has 2 aliphatic carbocycles. The third-order valence-electron chi connectivity index (χ3n) is 3.51. The summed E-state index contributed by atoms with van der Waals surface area (Å²) in [5.74, 6) is 5.84. The van der Waals surface area contributed by atoms with Crippen LogP contribution in [0.15, 0.2) is 36.2 Å². The number of hydrogen-bond donors (Lipinski definition) is 0. The summed E-state index contributed by atoms with van der Waals surface area (Å²) in [7, 11) is 0. The Morgan fingerprint density at radius 2 is 2.20 bits per heavy atom. The van der Waals surface area contributed by atoms with Gasteiger partial charge >= 0.3 is 0 Å². The molecule has 0 aromatic carbocycles. The first-order chi connectivity index (χ1) is 9.72. The van der Waals surface area contributed by atoms with Crippen LogP contribution in [0.4, 0.5) is 4.39 Å². The van der Waals surface area contributed by atoms with Crippen molar-refractivity contribution in [2.45, 2.75) is 25.7 Å². The number of allylic oxidation sites excluding steroid dienone is 4. The van der Waals surface area contributed by atoms with Crippen molar-refractivity contribution in [1.82, 2.24) is 4.98 Å². The molecule has 1 atom stereocenters. The van der Waals surface area contributed by atoms with E-state index >= 15 is 0 Å². The molecule has 0 N–H and O–H groups in total. The van der Waals surface area contributed by atoms with Crippen LogP contribution in [0.1, 0.15) is 41.0 Å². The number of carbonyl (C=O) groups excluding carboxylic acids is 1. The standard InChI is InChI=1S/C17H14FNO/c18-13-4-1-3-12(11-13)7-8-14-9-10-15-16(19-14)5-2-6-17(15)20/h1,4,9-12H,2-3,5-6H2. The molecular weight excluding hydrogens is 253 g/mol. The van der Waals surface area contributed by atoms with E-state index < -0.39 is 0 Å². The van der Waals surface area contributed by atoms with Crippen molar-refractivity contribution in [3.05, 3.63) is 53.1 Å². The molecule has 1 aromatic rings. The molecule has 100 valence electrons. The number of aryl methyl sites for hydroxylation is 1. The molecule has 3 heteroatoms. The monoisotopic (exact) mass is 267 g/mol. The van der Waals surface area contributed by atoms with Crippen molar-refractivity contribution in [2.75, 3.05) is 0 Å². The minimum Gasteiger partial charge on any atom is -0.294 e. The van der Waals surface area contributed by atoms with Crippen LogP contribution in [-0.2, 0) is 6.42 Å². The summed E-state index contributed by atoms with van der Waals surface area (Å²) in [5.41, 5.74) is 2.23. The lowest BCUT2D eigenvalue weighted by atomic mass is 9.94. The maximum Gasteiger partial charge on any atom is 0.164 e. The lowest BCUT2D eigenvalue weighted by molar-refractivity contribution is 0.0971. The third-order valence-corrected chi connectivity index (χ3v) is 3.51. The summed E-state index contributed by atoms with van der Waals surface area (Å²) in [6.45, 7) is 0. The van der Waals surface area contributed by atoms with Gasteiger partial charge in [0.05, 0.1) is 5.69 Å². The first-order valence-electron chi connectivity index (χ1n) is 6.81. The van der Waals surface area contributed by atoms with Gasteiger partial charge in [0.15, 0.2) is 5.78 Å². The second-order valence-corrected chi connectivity index (χ2v) is 5.03. The van der Waals surface area contributed by atoms with Gasteiger partial charge in [-0.25, -0.2) is 9.37 Å². The highest BCUT2D eigenvalue weighted by atomic mass is 19.1. The summed E-state index contributed by atoms with van der Waals surface area (Å²) in [5, 5.41) is 0. The number of pyridine rings is 1. The Kier molecular flexibility index (Phi) is 3.47. The Morgan fingerprint density at radius 1 is 1.30 bits per heavy atom. The topological polar surface area (TPSA) is 30.0 Å². The molecule has 2 aliphatic rings. The Hall–Kier alpha value is -2.21. The molecule has 0 bridgehead atoms. The molecule has 0 fully saturated rings. The average Bonchev–Trinajstić information content (AvgIpc) is 2.45. The van der Waals surface area contributed by atoms with Crippen LogP contribution in [0.3, 0.4) is 0 Å². The molecule has 2 nitrogen and oxygen atoms in total. The number of Topliss-reactive ketones (excluding diaryl/α,β-unsaturated/α-hetero) is 1. The summed E-state index contributed by atoms with van der Waals surface area (Å²) in [6, 6.07) is 3.58. The average molecular weight is 267 g/mol. The van der Waals surface area contributed by atoms with Crippen molar-refractivity contribution in [3.8, 4) is 11.8 Å². The fourth-order valence-electron chi connectivity index (χ4n) is 2.48. The minimum atomic E-state index is -0.237. The molecule has 0 spiro atoms. The fourth-order valence-corrected chi connectivity index (χ4v) is 2.48. The van der Waals surface area contributed by atoms with E-state index in [1.54, 1.807) is 12.1 Å². The zero-order valence-corrected chi connectivity index (χ0v) is 11.0. The van der Waals surface area contributed by atoms with Crippen LogP contribution in [0.2, 0.25) is 0 Å². The molecular formula is C17H14FNO. The summed E-state index contributed by atoms with van der Waals surface area (Å²) in [4.78, 5) is 16.1. The summed E-state index contributed by atoms with van der Waals surface area (Å²) in [6.07, 6.45) is 7.79. The molecule has 0 saturated carbocycles. The van der Waals surface area contributed by atoms with Gasteiger partial charge in [-0.2, -0.15) is 0 Å². The van der Waals surface area contributed by atoms with Gasteiger partial charge in [-0.1, -0.05) is 12.0 Å². The van der Waals surface area contributed by atoms with Crippen LogP contribution in [0, 0.1) is 17.8 Å². The van der Waals surface area contributed by atoms with Gasteiger partial charge in [0.25, 0.3) is 0 Å². The van der Waals surface area contributed by atoms with E-state index in [1.807, 2.05) is 6.07 Å². The molecule has 1 unspecified atom stereocenters. The number of halogens is 1. The fraction of sp³-hybridized carbons (Fsp3) is 0.294. The first kappa shape index (κ1) is 12.8. The highest BCUT2D eigenvalue weighted by Crippen LogP contribution is 2.20. The van der Waals surface area contributed by atoms with Crippen molar-refractivity contribution in [3.63, 3.8) is 0 Å². The molecule has 1 heterocycles. The molecule has 1 aromatic heterocycles. The third kappa shape index (κ3) is 2.70. The number of fused-ring (bicyclic) bond motifs is 1. The number of rotatable bonds is 0. The quantitative estimate of drug-likeness (QED) is 0.674. The van der Waals surface area contributed by atoms with Gasteiger partial charge in [-0.15, -0.1) is 0 Å². The van der Waals surface area contributed by atoms with Crippen molar-refractivity contribution >= 4 is 5.78 Å². The van der Waals surface area contributed by atoms with E-state index in [0.717, 1.165) is 30.5 Å². The van der Waals surface area contributed by atoms with Crippen molar-refractivity contribution < 1.29 is 9.18 Å². The predicted molar refractivity (Wildman–Crippen MR) is 74.8 cm³/mol. The van der Waals surface area contributed by atoms with E-state index in [1.165, 1.54) is 12.2 Å². The van der Waals surface area contributed by atoms with Gasteiger partial charge < -0.3 is 0 Å². The van der Waals surface area contributed by atoms with Gasteiger partial charge in [0.1, 0.15) is 11.5 Å². The van der Waals surface area contributed by atoms with Gasteiger partial charge in [-0.3, -0.25) is 4.79 Å². The molecule has 0 aliphatic heterocycles. The van der Waals surface area contributed by atoms with Crippen molar-refractivity contribution in [2.24, 2.45) is 5.92 Å². The van der Waals surface area contributed by atoms with Gasteiger partial charge in [0, 0.05) is 17.9 Å². The number of aromatic nitrogens is 1. The van der Waals surface area contributed by atoms with E-state index in [9.17, 15) is 9.18 Å². The van der Waals surface area contributed by atoms with Crippen LogP contribution < -0.4 is 0 Å². The second-order valence-electron chi connectivity index (χ2n) is 5.03. The SMILES string of the molecule is O=C1CCCc2nc(C#CC3C=C(F)C=CC3)ccc21. The van der Waals surface area contributed by atoms with E-state index in [4.69, 9.17) is 0 Å². The largest absolute Gasteiger partial charge is 0.294 e. The van der Waals surface area contributed by atoms with E-state index in [0.29, 0.717) is 12.1 Å². The Labute approximate surface area is 117 Å². The number of carbonyl (C=O) groups is 1. The van der Waals surface area contributed by atoms with Crippen LogP contribution >= 0.6 is 0 Å². The Bertz CT molecular complexity index is 676. The maximum atomic E-state index is 13.1.